The number of rotatable bonds is 4. The van der Waals surface area contributed by atoms with Gasteiger partial charge in [0.05, 0.1) is 0 Å². The number of hydrogen-bond donors (Lipinski definition) is 0. The van der Waals surface area contributed by atoms with Crippen LogP contribution in [0, 0.1) is 13.8 Å². The Bertz CT molecular complexity index is 522. The van der Waals surface area contributed by atoms with E-state index >= 15 is 0 Å². The van der Waals surface area contributed by atoms with E-state index < -0.39 is 12.3 Å². The molecule has 0 saturated carbocycles. The third kappa shape index (κ3) is 3.84. The molecular formula is C18H25F2N. The van der Waals surface area contributed by atoms with Gasteiger partial charge in [0.1, 0.15) is 12.3 Å². The zero-order valence-electron chi connectivity index (χ0n) is 13.3. The summed E-state index contributed by atoms with van der Waals surface area (Å²) in [6.45, 7) is 11.0. The second kappa shape index (κ2) is 6.59. The van der Waals surface area contributed by atoms with Crippen molar-refractivity contribution in [2.45, 2.75) is 52.4 Å². The van der Waals surface area contributed by atoms with Crippen LogP contribution < -0.4 is 0 Å². The summed E-state index contributed by atoms with van der Waals surface area (Å²) in [7, 11) is 0. The van der Waals surface area contributed by atoms with Crippen molar-refractivity contribution in [3.8, 4) is 0 Å². The Labute approximate surface area is 126 Å². The average Bonchev–Trinajstić information content (AvgIpc) is 2.42. The first-order valence-corrected chi connectivity index (χ1v) is 7.71. The first kappa shape index (κ1) is 16.0. The maximum atomic E-state index is 13.6. The second-order valence-corrected chi connectivity index (χ2v) is 6.19. The van der Waals surface area contributed by atoms with Crippen LogP contribution in [0.3, 0.4) is 0 Å². The zero-order chi connectivity index (χ0) is 15.6. The molecule has 1 aliphatic rings. The number of likely N-dealkylation sites (tertiary alicyclic amines) is 1. The highest BCUT2D eigenvalue weighted by molar-refractivity contribution is 5.64. The third-order valence-corrected chi connectivity index (χ3v) is 4.35. The van der Waals surface area contributed by atoms with Crippen molar-refractivity contribution in [3.05, 3.63) is 41.0 Å². The number of piperidine rings is 1. The number of hydrogen-bond acceptors (Lipinski definition) is 1. The maximum absolute atomic E-state index is 13.6. The quantitative estimate of drug-likeness (QED) is 0.783. The summed E-state index contributed by atoms with van der Waals surface area (Å²) in [5, 5.41) is 0. The molecule has 0 aliphatic carbocycles. The highest BCUT2D eigenvalue weighted by Gasteiger charge is 2.21. The molecular weight excluding hydrogens is 268 g/mol. The van der Waals surface area contributed by atoms with Gasteiger partial charge in [-0.05, 0) is 68.0 Å². The molecule has 1 fully saturated rings. The standard InChI is InChI=1S/C18H25F2N/c1-12-8-17(10-16(14(12)3)9-13(2)19)15(4)21-7-5-6-18(20)11-21/h8,10,13,18H,4-7,9,11H2,1-3H3. The molecule has 1 aliphatic heterocycles. The van der Waals surface area contributed by atoms with E-state index in [4.69, 9.17) is 0 Å². The molecule has 0 bridgehead atoms. The second-order valence-electron chi connectivity index (χ2n) is 6.19. The van der Waals surface area contributed by atoms with Gasteiger partial charge in [0.2, 0.25) is 0 Å². The van der Waals surface area contributed by atoms with Crippen LogP contribution in [0.5, 0.6) is 0 Å². The van der Waals surface area contributed by atoms with Gasteiger partial charge >= 0.3 is 0 Å². The smallest absolute Gasteiger partial charge is 0.118 e. The Morgan fingerprint density at radius 3 is 2.76 bits per heavy atom. The SMILES string of the molecule is C=C(c1cc(C)c(C)c(CC(C)F)c1)N1CCCC(F)C1. The van der Waals surface area contributed by atoms with Gasteiger partial charge in [0.15, 0.2) is 0 Å². The van der Waals surface area contributed by atoms with E-state index in [2.05, 4.69) is 12.6 Å². The van der Waals surface area contributed by atoms with Gasteiger partial charge in [0.25, 0.3) is 0 Å². The summed E-state index contributed by atoms with van der Waals surface area (Å²) >= 11 is 0. The minimum Gasteiger partial charge on any atom is -0.369 e. The minimum atomic E-state index is -0.864. The van der Waals surface area contributed by atoms with Crippen molar-refractivity contribution in [1.82, 2.24) is 4.90 Å². The first-order chi connectivity index (χ1) is 9.88. The van der Waals surface area contributed by atoms with Crippen molar-refractivity contribution in [3.63, 3.8) is 0 Å². The fourth-order valence-electron chi connectivity index (χ4n) is 2.97. The van der Waals surface area contributed by atoms with Gasteiger partial charge in [-0.15, -0.1) is 0 Å². The van der Waals surface area contributed by atoms with E-state index in [0.717, 1.165) is 40.9 Å². The molecule has 116 valence electrons. The molecule has 0 radical (unpaired) electrons. The lowest BCUT2D eigenvalue weighted by Gasteiger charge is -2.33. The summed E-state index contributed by atoms with van der Waals surface area (Å²) in [6.07, 6.45) is 0.282. The van der Waals surface area contributed by atoms with E-state index in [0.29, 0.717) is 19.4 Å². The Morgan fingerprint density at radius 1 is 1.43 bits per heavy atom. The van der Waals surface area contributed by atoms with Gasteiger partial charge in [-0.1, -0.05) is 6.58 Å². The monoisotopic (exact) mass is 293 g/mol. The van der Waals surface area contributed by atoms with Crippen LogP contribution in [0.25, 0.3) is 5.70 Å². The van der Waals surface area contributed by atoms with Crippen molar-refractivity contribution >= 4 is 5.70 Å². The van der Waals surface area contributed by atoms with Crippen LogP contribution in [0.1, 0.15) is 42.0 Å². The number of aryl methyl sites for hydroxylation is 1. The van der Waals surface area contributed by atoms with Crippen LogP contribution in [0.4, 0.5) is 8.78 Å². The first-order valence-electron chi connectivity index (χ1n) is 7.71. The Hall–Kier alpha value is -1.38. The fraction of sp³-hybridized carbons (Fsp3) is 0.556. The lowest BCUT2D eigenvalue weighted by molar-refractivity contribution is 0.188. The number of halogens is 2. The molecule has 1 nitrogen and oxygen atoms in total. The highest BCUT2D eigenvalue weighted by atomic mass is 19.1. The molecule has 21 heavy (non-hydrogen) atoms. The predicted octanol–water partition coefficient (Wildman–Crippen LogP) is 4.61. The predicted molar refractivity (Wildman–Crippen MR) is 84.9 cm³/mol. The molecule has 1 aromatic rings. The Kier molecular flexibility index (Phi) is 5.02. The lowest BCUT2D eigenvalue weighted by Crippen LogP contribution is -2.34. The highest BCUT2D eigenvalue weighted by Crippen LogP contribution is 2.27. The molecule has 1 aromatic carbocycles. The largest absolute Gasteiger partial charge is 0.369 e. The number of nitrogens with zero attached hydrogens (tertiary/aromatic N) is 1. The zero-order valence-corrected chi connectivity index (χ0v) is 13.3. The minimum absolute atomic E-state index is 0.416. The topological polar surface area (TPSA) is 3.24 Å². The molecule has 1 heterocycles. The molecule has 0 spiro atoms. The lowest BCUT2D eigenvalue weighted by atomic mass is 9.94. The van der Waals surface area contributed by atoms with E-state index in [1.807, 2.05) is 24.8 Å². The molecule has 3 heteroatoms. The summed E-state index contributed by atoms with van der Waals surface area (Å²) in [4.78, 5) is 2.01. The van der Waals surface area contributed by atoms with Crippen LogP contribution in [-0.4, -0.2) is 30.3 Å². The van der Waals surface area contributed by atoms with Crippen LogP contribution in [-0.2, 0) is 6.42 Å². The Balaban J connectivity index is 2.26. The molecule has 0 aromatic heterocycles. The van der Waals surface area contributed by atoms with Crippen molar-refractivity contribution in [1.29, 1.82) is 0 Å². The van der Waals surface area contributed by atoms with E-state index in [1.54, 1.807) is 6.92 Å². The van der Waals surface area contributed by atoms with Gasteiger partial charge in [-0.3, -0.25) is 0 Å². The van der Waals surface area contributed by atoms with Gasteiger partial charge in [0, 0.05) is 25.2 Å². The fourth-order valence-corrected chi connectivity index (χ4v) is 2.97. The Morgan fingerprint density at radius 2 is 2.14 bits per heavy atom. The van der Waals surface area contributed by atoms with E-state index in [9.17, 15) is 8.78 Å². The normalized spacial score (nSPS) is 20.4. The average molecular weight is 293 g/mol. The van der Waals surface area contributed by atoms with E-state index in [1.165, 1.54) is 0 Å². The molecule has 0 N–H and O–H groups in total. The summed E-state index contributed by atoms with van der Waals surface area (Å²) in [5.74, 6) is 0. The summed E-state index contributed by atoms with van der Waals surface area (Å²) in [5.41, 5.74) is 5.14. The molecule has 0 amide bonds. The number of alkyl halides is 2. The van der Waals surface area contributed by atoms with Crippen molar-refractivity contribution in [2.75, 3.05) is 13.1 Å². The van der Waals surface area contributed by atoms with Crippen molar-refractivity contribution in [2.24, 2.45) is 0 Å². The number of benzene rings is 1. The van der Waals surface area contributed by atoms with Gasteiger partial charge in [-0.25, -0.2) is 8.78 Å². The van der Waals surface area contributed by atoms with Crippen molar-refractivity contribution < 1.29 is 8.78 Å². The molecule has 2 rings (SSSR count). The molecule has 1 saturated heterocycles. The van der Waals surface area contributed by atoms with Crippen LogP contribution in [0.2, 0.25) is 0 Å². The van der Waals surface area contributed by atoms with Gasteiger partial charge < -0.3 is 4.90 Å². The summed E-state index contributed by atoms with van der Waals surface area (Å²) < 4.78 is 26.9. The molecule has 2 atom stereocenters. The third-order valence-electron chi connectivity index (χ3n) is 4.35. The van der Waals surface area contributed by atoms with Gasteiger partial charge in [-0.2, -0.15) is 0 Å². The van der Waals surface area contributed by atoms with Crippen LogP contribution >= 0.6 is 0 Å². The van der Waals surface area contributed by atoms with E-state index in [-0.39, 0.29) is 0 Å². The molecule has 2 unspecified atom stereocenters. The summed E-state index contributed by atoms with van der Waals surface area (Å²) in [6, 6.07) is 4.09. The maximum Gasteiger partial charge on any atom is 0.118 e. The van der Waals surface area contributed by atoms with Crippen LogP contribution in [0.15, 0.2) is 18.7 Å².